The van der Waals surface area contributed by atoms with E-state index in [2.05, 4.69) is 48.3 Å². The van der Waals surface area contributed by atoms with Crippen molar-refractivity contribution in [3.8, 4) is 5.69 Å². The van der Waals surface area contributed by atoms with Gasteiger partial charge in [0.2, 0.25) is 0 Å². The van der Waals surface area contributed by atoms with Gasteiger partial charge in [0, 0.05) is 25.3 Å². The molecule has 2 aromatic carbocycles. The number of aryl methyl sites for hydroxylation is 1. The summed E-state index contributed by atoms with van der Waals surface area (Å²) < 4.78 is 3.36. The molecule has 1 amide bonds. The number of imidazole rings is 1. The molecule has 6 nitrogen and oxygen atoms in total. The first-order valence-electron chi connectivity index (χ1n) is 11.1. The van der Waals surface area contributed by atoms with Crippen LogP contribution in [-0.2, 0) is 13.0 Å². The van der Waals surface area contributed by atoms with Crippen LogP contribution in [0.3, 0.4) is 0 Å². The van der Waals surface area contributed by atoms with Gasteiger partial charge in [0.15, 0.2) is 0 Å². The van der Waals surface area contributed by atoms with Gasteiger partial charge in [-0.1, -0.05) is 49.4 Å². The molecule has 0 saturated heterocycles. The third kappa shape index (κ3) is 3.42. The van der Waals surface area contributed by atoms with Crippen molar-refractivity contribution in [1.82, 2.24) is 19.0 Å². The summed E-state index contributed by atoms with van der Waals surface area (Å²) in [5.41, 5.74) is 2.90. The smallest absolute Gasteiger partial charge is 0.275 e. The highest BCUT2D eigenvalue weighted by Crippen LogP contribution is 2.23. The van der Waals surface area contributed by atoms with Crippen LogP contribution in [0.5, 0.6) is 0 Å². The molecule has 5 rings (SSSR count). The van der Waals surface area contributed by atoms with Gasteiger partial charge in [-0.2, -0.15) is 0 Å². The Morgan fingerprint density at radius 3 is 2.62 bits per heavy atom. The van der Waals surface area contributed by atoms with Crippen LogP contribution in [0.1, 0.15) is 35.1 Å². The molecule has 0 saturated carbocycles. The maximum Gasteiger partial charge on any atom is 0.275 e. The number of rotatable bonds is 5. The molecule has 1 unspecified atom stereocenters. The van der Waals surface area contributed by atoms with Crippen molar-refractivity contribution in [1.29, 1.82) is 0 Å². The molecular weight excluding hydrogens is 400 g/mol. The van der Waals surface area contributed by atoms with E-state index in [-0.39, 0.29) is 17.5 Å². The molecule has 162 valence electrons. The molecule has 0 aliphatic carbocycles. The van der Waals surface area contributed by atoms with Crippen molar-refractivity contribution in [3.05, 3.63) is 94.4 Å². The predicted octanol–water partition coefficient (Wildman–Crippen LogP) is 3.97. The van der Waals surface area contributed by atoms with Gasteiger partial charge in [-0.3, -0.25) is 9.59 Å². The Kier molecular flexibility index (Phi) is 5.13. The summed E-state index contributed by atoms with van der Waals surface area (Å²) >= 11 is 0. The number of fused-ring (bicyclic) bond motifs is 2. The number of pyridine rings is 1. The van der Waals surface area contributed by atoms with Gasteiger partial charge >= 0.3 is 0 Å². The minimum Gasteiger partial charge on any atom is -0.332 e. The van der Waals surface area contributed by atoms with Crippen molar-refractivity contribution in [2.24, 2.45) is 0 Å². The molecule has 0 spiro atoms. The Balaban J connectivity index is 1.45. The number of hydrogen-bond acceptors (Lipinski definition) is 3. The third-order valence-corrected chi connectivity index (χ3v) is 6.43. The Hall–Kier alpha value is -3.67. The SMILES string of the molecule is CCC1Cn2c(ccc(-n3cnc(C)c3)c2=O)C(=O)N1CCc1cccc2ccccc12. The predicted molar refractivity (Wildman–Crippen MR) is 125 cm³/mol. The molecule has 3 heterocycles. The molecule has 0 N–H and O–H groups in total. The van der Waals surface area contributed by atoms with E-state index in [0.717, 1.165) is 18.5 Å². The van der Waals surface area contributed by atoms with Crippen molar-refractivity contribution in [3.63, 3.8) is 0 Å². The van der Waals surface area contributed by atoms with E-state index in [9.17, 15) is 9.59 Å². The van der Waals surface area contributed by atoms with Crippen LogP contribution in [0.15, 0.2) is 71.9 Å². The molecular formula is C26H26N4O2. The van der Waals surface area contributed by atoms with Crippen LogP contribution in [0.2, 0.25) is 0 Å². The zero-order valence-electron chi connectivity index (χ0n) is 18.4. The number of benzene rings is 2. The second kappa shape index (κ2) is 8.11. The van der Waals surface area contributed by atoms with Crippen LogP contribution in [0.25, 0.3) is 16.5 Å². The summed E-state index contributed by atoms with van der Waals surface area (Å²) in [7, 11) is 0. The van der Waals surface area contributed by atoms with Crippen LogP contribution in [-0.4, -0.2) is 37.5 Å². The van der Waals surface area contributed by atoms with E-state index in [1.807, 2.05) is 24.1 Å². The quantitative estimate of drug-likeness (QED) is 0.485. The van der Waals surface area contributed by atoms with Gasteiger partial charge in [-0.05, 0) is 48.2 Å². The molecule has 0 bridgehead atoms. The summed E-state index contributed by atoms with van der Waals surface area (Å²) in [6.45, 7) is 5.09. The normalized spacial score (nSPS) is 15.9. The number of hydrogen-bond donors (Lipinski definition) is 0. The summed E-state index contributed by atoms with van der Waals surface area (Å²) in [6, 6.07) is 18.1. The molecule has 0 radical (unpaired) electrons. The average molecular weight is 427 g/mol. The second-order valence-corrected chi connectivity index (χ2v) is 8.39. The lowest BCUT2D eigenvalue weighted by atomic mass is 10.0. The second-order valence-electron chi connectivity index (χ2n) is 8.39. The number of aromatic nitrogens is 3. The van der Waals surface area contributed by atoms with E-state index in [1.165, 1.54) is 16.3 Å². The molecule has 1 atom stereocenters. The highest BCUT2D eigenvalue weighted by atomic mass is 16.2. The fourth-order valence-corrected chi connectivity index (χ4v) is 4.69. The molecule has 2 aromatic heterocycles. The minimum atomic E-state index is -0.152. The summed E-state index contributed by atoms with van der Waals surface area (Å²) in [4.78, 5) is 32.8. The van der Waals surface area contributed by atoms with Crippen LogP contribution in [0.4, 0.5) is 0 Å². The lowest BCUT2D eigenvalue weighted by Gasteiger charge is -2.37. The lowest BCUT2D eigenvalue weighted by molar-refractivity contribution is 0.0584. The number of carbonyl (C=O) groups excluding carboxylic acids is 1. The van der Waals surface area contributed by atoms with E-state index < -0.39 is 0 Å². The fraction of sp³-hybridized carbons (Fsp3) is 0.269. The highest BCUT2D eigenvalue weighted by Gasteiger charge is 2.32. The first-order chi connectivity index (χ1) is 15.6. The molecule has 0 fully saturated rings. The largest absolute Gasteiger partial charge is 0.332 e. The molecule has 4 aromatic rings. The topological polar surface area (TPSA) is 60.1 Å². The van der Waals surface area contributed by atoms with Crippen LogP contribution >= 0.6 is 0 Å². The Labute approximate surface area is 186 Å². The van der Waals surface area contributed by atoms with Crippen LogP contribution in [0, 0.1) is 6.92 Å². The maximum atomic E-state index is 13.4. The van der Waals surface area contributed by atoms with E-state index in [0.29, 0.717) is 24.5 Å². The number of nitrogens with zero attached hydrogens (tertiary/aromatic N) is 4. The monoisotopic (exact) mass is 426 g/mol. The van der Waals surface area contributed by atoms with Gasteiger partial charge in [0.1, 0.15) is 11.4 Å². The summed E-state index contributed by atoms with van der Waals surface area (Å²) in [5, 5.41) is 2.44. The Bertz CT molecular complexity index is 1360. The maximum absolute atomic E-state index is 13.4. The van der Waals surface area contributed by atoms with E-state index >= 15 is 0 Å². The Morgan fingerprint density at radius 1 is 1.03 bits per heavy atom. The summed E-state index contributed by atoms with van der Waals surface area (Å²) in [5.74, 6) is -0.0752. The number of carbonyl (C=O) groups is 1. The first-order valence-corrected chi connectivity index (χ1v) is 11.1. The van der Waals surface area contributed by atoms with Gasteiger partial charge in [0.05, 0.1) is 12.0 Å². The zero-order valence-corrected chi connectivity index (χ0v) is 18.4. The van der Waals surface area contributed by atoms with Gasteiger partial charge in [-0.25, -0.2) is 4.98 Å². The molecule has 32 heavy (non-hydrogen) atoms. The van der Waals surface area contributed by atoms with E-state index in [1.54, 1.807) is 27.6 Å². The minimum absolute atomic E-state index is 0.0116. The molecule has 6 heteroatoms. The standard InChI is InChI=1S/C26H26N4O2/c1-3-21-16-30-24(12-11-23(25(30)31)28-15-18(2)27-17-28)26(32)29(21)14-13-20-9-6-8-19-7-4-5-10-22(19)20/h4-12,15,17,21H,3,13-14,16H2,1-2H3. The third-order valence-electron chi connectivity index (χ3n) is 6.43. The molecule has 1 aliphatic rings. The summed E-state index contributed by atoms with van der Waals surface area (Å²) in [6.07, 6.45) is 5.03. The number of amides is 1. The van der Waals surface area contributed by atoms with E-state index in [4.69, 9.17) is 0 Å². The fourth-order valence-electron chi connectivity index (χ4n) is 4.69. The lowest BCUT2D eigenvalue weighted by Crippen LogP contribution is -2.51. The van der Waals surface area contributed by atoms with Crippen molar-refractivity contribution in [2.75, 3.05) is 6.54 Å². The Morgan fingerprint density at radius 2 is 1.84 bits per heavy atom. The zero-order chi connectivity index (χ0) is 22.2. The van der Waals surface area contributed by atoms with Gasteiger partial charge < -0.3 is 14.0 Å². The first kappa shape index (κ1) is 20.2. The van der Waals surface area contributed by atoms with Crippen LogP contribution < -0.4 is 5.56 Å². The van der Waals surface area contributed by atoms with Crippen molar-refractivity contribution >= 4 is 16.7 Å². The van der Waals surface area contributed by atoms with Gasteiger partial charge in [-0.15, -0.1) is 0 Å². The van der Waals surface area contributed by atoms with Gasteiger partial charge in [0.25, 0.3) is 11.5 Å². The molecule has 1 aliphatic heterocycles. The average Bonchev–Trinajstić information content (AvgIpc) is 3.24. The van der Waals surface area contributed by atoms with Crippen molar-refractivity contribution < 1.29 is 4.79 Å². The highest BCUT2D eigenvalue weighted by molar-refractivity contribution is 5.94. The van der Waals surface area contributed by atoms with Crippen molar-refractivity contribution in [2.45, 2.75) is 39.3 Å².